The standard InChI is InChI=1S/C19H19Br2NO/c1-11-17(13-3-7-15(20)8-4-13)22-18(12(2)19(11)23)14-5-9-16(21)10-6-14/h3-12,17-18,22H,1-2H3/t11-,12+,17-,18+. The SMILES string of the molecule is C[C@@H]1C(=O)[C@H](C)[C@H](c2ccc(Br)cc2)N[C@@H]1c1ccc(Br)cc1. The molecule has 2 aromatic carbocycles. The van der Waals surface area contributed by atoms with Crippen molar-refractivity contribution in [1.82, 2.24) is 5.32 Å². The van der Waals surface area contributed by atoms with Crippen molar-refractivity contribution in [2.75, 3.05) is 0 Å². The van der Waals surface area contributed by atoms with Gasteiger partial charge in [-0.1, -0.05) is 70.0 Å². The van der Waals surface area contributed by atoms with Crippen LogP contribution >= 0.6 is 31.9 Å². The van der Waals surface area contributed by atoms with Gasteiger partial charge in [-0.05, 0) is 35.4 Å². The van der Waals surface area contributed by atoms with Crippen LogP contribution in [0.2, 0.25) is 0 Å². The van der Waals surface area contributed by atoms with E-state index in [1.165, 1.54) is 0 Å². The van der Waals surface area contributed by atoms with Gasteiger partial charge >= 0.3 is 0 Å². The Hall–Kier alpha value is -0.970. The van der Waals surface area contributed by atoms with E-state index in [0.29, 0.717) is 5.78 Å². The molecule has 0 amide bonds. The maximum atomic E-state index is 12.8. The van der Waals surface area contributed by atoms with Gasteiger partial charge in [-0.15, -0.1) is 0 Å². The zero-order chi connectivity index (χ0) is 16.6. The van der Waals surface area contributed by atoms with E-state index in [2.05, 4.69) is 61.4 Å². The van der Waals surface area contributed by atoms with E-state index in [0.717, 1.165) is 20.1 Å². The topological polar surface area (TPSA) is 29.1 Å². The highest BCUT2D eigenvalue weighted by atomic mass is 79.9. The molecule has 1 aliphatic rings. The van der Waals surface area contributed by atoms with Gasteiger partial charge in [0.1, 0.15) is 5.78 Å². The molecular weight excluding hydrogens is 418 g/mol. The van der Waals surface area contributed by atoms with Gasteiger partial charge in [0.2, 0.25) is 0 Å². The summed E-state index contributed by atoms with van der Waals surface area (Å²) in [6, 6.07) is 16.5. The molecule has 0 aliphatic carbocycles. The van der Waals surface area contributed by atoms with E-state index in [9.17, 15) is 4.79 Å². The lowest BCUT2D eigenvalue weighted by Gasteiger charge is -2.39. The van der Waals surface area contributed by atoms with Crippen LogP contribution in [0.1, 0.15) is 37.1 Å². The van der Waals surface area contributed by atoms with Crippen molar-refractivity contribution >= 4 is 37.6 Å². The second-order valence-corrected chi connectivity index (χ2v) is 8.04. The van der Waals surface area contributed by atoms with Crippen molar-refractivity contribution in [2.24, 2.45) is 11.8 Å². The maximum absolute atomic E-state index is 12.8. The number of piperidine rings is 1. The first-order chi connectivity index (χ1) is 11.0. The number of halogens is 2. The molecule has 1 saturated heterocycles. The lowest BCUT2D eigenvalue weighted by atomic mass is 9.76. The number of hydrogen-bond acceptors (Lipinski definition) is 2. The average Bonchev–Trinajstić information content (AvgIpc) is 2.55. The first kappa shape index (κ1) is 16.9. The Morgan fingerprint density at radius 3 is 1.43 bits per heavy atom. The monoisotopic (exact) mass is 435 g/mol. The molecule has 0 bridgehead atoms. The van der Waals surface area contributed by atoms with E-state index < -0.39 is 0 Å². The fourth-order valence-electron chi connectivity index (χ4n) is 3.34. The van der Waals surface area contributed by atoms with Crippen LogP contribution in [-0.4, -0.2) is 5.78 Å². The highest BCUT2D eigenvalue weighted by Gasteiger charge is 2.39. The second kappa shape index (κ2) is 6.88. The number of carbonyl (C=O) groups is 1. The van der Waals surface area contributed by atoms with E-state index in [1.54, 1.807) is 0 Å². The maximum Gasteiger partial charge on any atom is 0.142 e. The molecule has 2 aromatic rings. The van der Waals surface area contributed by atoms with Crippen LogP contribution < -0.4 is 5.32 Å². The predicted octanol–water partition coefficient (Wildman–Crippen LogP) is 5.44. The Morgan fingerprint density at radius 1 is 0.739 bits per heavy atom. The van der Waals surface area contributed by atoms with Gasteiger partial charge in [-0.2, -0.15) is 0 Å². The van der Waals surface area contributed by atoms with Gasteiger partial charge in [-0.3, -0.25) is 4.79 Å². The van der Waals surface area contributed by atoms with E-state index in [1.807, 2.05) is 38.1 Å². The minimum atomic E-state index is -0.0297. The Kier molecular flexibility index (Phi) is 5.04. The lowest BCUT2D eigenvalue weighted by Crippen LogP contribution is -2.46. The third-order valence-electron chi connectivity index (χ3n) is 4.71. The second-order valence-electron chi connectivity index (χ2n) is 6.20. The highest BCUT2D eigenvalue weighted by molar-refractivity contribution is 9.10. The Morgan fingerprint density at radius 2 is 1.09 bits per heavy atom. The summed E-state index contributed by atoms with van der Waals surface area (Å²) < 4.78 is 2.10. The van der Waals surface area contributed by atoms with Gasteiger partial charge in [0.05, 0.1) is 0 Å². The van der Waals surface area contributed by atoms with E-state index >= 15 is 0 Å². The molecule has 1 heterocycles. The van der Waals surface area contributed by atoms with Gasteiger partial charge < -0.3 is 5.32 Å². The zero-order valence-electron chi connectivity index (χ0n) is 13.1. The molecular formula is C19H19Br2NO. The summed E-state index contributed by atoms with van der Waals surface area (Å²) in [5.74, 6) is 0.264. The van der Waals surface area contributed by atoms with Crippen LogP contribution in [-0.2, 0) is 4.79 Å². The minimum absolute atomic E-state index is 0.0297. The number of nitrogens with one attached hydrogen (secondary N) is 1. The molecule has 4 heteroatoms. The highest BCUT2D eigenvalue weighted by Crippen LogP contribution is 2.38. The predicted molar refractivity (Wildman–Crippen MR) is 100 cm³/mol. The quantitative estimate of drug-likeness (QED) is 0.679. The molecule has 1 aliphatic heterocycles. The number of Topliss-reactive ketones (excluding diaryl/α,β-unsaturated/α-hetero) is 1. The van der Waals surface area contributed by atoms with Crippen LogP contribution in [0.5, 0.6) is 0 Å². The van der Waals surface area contributed by atoms with Crippen LogP contribution in [0, 0.1) is 11.8 Å². The smallest absolute Gasteiger partial charge is 0.142 e. The third kappa shape index (κ3) is 3.44. The van der Waals surface area contributed by atoms with Crippen molar-refractivity contribution < 1.29 is 4.79 Å². The summed E-state index contributed by atoms with van der Waals surface area (Å²) in [5.41, 5.74) is 2.31. The van der Waals surface area contributed by atoms with Gasteiger partial charge in [0, 0.05) is 32.9 Å². The number of benzene rings is 2. The Bertz CT molecular complexity index is 637. The van der Waals surface area contributed by atoms with Gasteiger partial charge in [-0.25, -0.2) is 0 Å². The van der Waals surface area contributed by atoms with E-state index in [4.69, 9.17) is 0 Å². The van der Waals surface area contributed by atoms with Crippen molar-refractivity contribution in [3.63, 3.8) is 0 Å². The first-order valence-electron chi connectivity index (χ1n) is 7.78. The number of carbonyl (C=O) groups excluding carboxylic acids is 1. The van der Waals surface area contributed by atoms with Crippen molar-refractivity contribution in [3.8, 4) is 0 Å². The van der Waals surface area contributed by atoms with Gasteiger partial charge in [0.25, 0.3) is 0 Å². The zero-order valence-corrected chi connectivity index (χ0v) is 16.3. The molecule has 0 unspecified atom stereocenters. The Balaban J connectivity index is 1.94. The van der Waals surface area contributed by atoms with Crippen LogP contribution in [0.15, 0.2) is 57.5 Å². The van der Waals surface area contributed by atoms with Crippen LogP contribution in [0.3, 0.4) is 0 Å². The fraction of sp³-hybridized carbons (Fsp3) is 0.316. The summed E-state index contributed by atoms with van der Waals surface area (Å²) in [4.78, 5) is 12.8. The summed E-state index contributed by atoms with van der Waals surface area (Å²) in [5, 5.41) is 3.70. The van der Waals surface area contributed by atoms with Crippen LogP contribution in [0.25, 0.3) is 0 Å². The molecule has 120 valence electrons. The molecule has 1 N–H and O–H groups in total. The van der Waals surface area contributed by atoms with Crippen molar-refractivity contribution in [2.45, 2.75) is 25.9 Å². The van der Waals surface area contributed by atoms with E-state index in [-0.39, 0.29) is 23.9 Å². The Labute approximate surface area is 153 Å². The number of hydrogen-bond donors (Lipinski definition) is 1. The molecule has 0 saturated carbocycles. The molecule has 0 radical (unpaired) electrons. The normalized spacial score (nSPS) is 27.9. The molecule has 0 aromatic heterocycles. The number of ketones is 1. The minimum Gasteiger partial charge on any atom is -0.302 e. The first-order valence-corrected chi connectivity index (χ1v) is 9.36. The third-order valence-corrected chi connectivity index (χ3v) is 5.77. The molecule has 3 rings (SSSR count). The summed E-state index contributed by atoms with van der Waals surface area (Å²) in [6.07, 6.45) is 0. The largest absolute Gasteiger partial charge is 0.302 e. The lowest BCUT2D eigenvalue weighted by molar-refractivity contribution is -0.130. The van der Waals surface area contributed by atoms with Crippen LogP contribution in [0.4, 0.5) is 0 Å². The molecule has 0 spiro atoms. The summed E-state index contributed by atoms with van der Waals surface area (Å²) in [7, 11) is 0. The molecule has 1 fully saturated rings. The average molecular weight is 437 g/mol. The summed E-state index contributed by atoms with van der Waals surface area (Å²) in [6.45, 7) is 4.05. The van der Waals surface area contributed by atoms with Crippen molar-refractivity contribution in [1.29, 1.82) is 0 Å². The summed E-state index contributed by atoms with van der Waals surface area (Å²) >= 11 is 6.94. The molecule has 4 atom stereocenters. The molecule has 23 heavy (non-hydrogen) atoms. The number of rotatable bonds is 2. The van der Waals surface area contributed by atoms with Gasteiger partial charge in [0.15, 0.2) is 0 Å². The van der Waals surface area contributed by atoms with Crippen molar-refractivity contribution in [3.05, 3.63) is 68.6 Å². The molecule has 2 nitrogen and oxygen atoms in total. The fourth-order valence-corrected chi connectivity index (χ4v) is 3.86.